The van der Waals surface area contributed by atoms with Gasteiger partial charge in [0.2, 0.25) is 11.8 Å². The van der Waals surface area contributed by atoms with E-state index in [1.54, 1.807) is 0 Å². The molecule has 0 radical (unpaired) electrons. The maximum Gasteiger partial charge on any atom is 0.332 e. The minimum absolute atomic E-state index is 0.0274. The van der Waals surface area contributed by atoms with Crippen molar-refractivity contribution >= 4 is 17.8 Å². The van der Waals surface area contributed by atoms with Crippen molar-refractivity contribution in [2.45, 2.75) is 13.3 Å². The molecule has 6 heteroatoms. The maximum atomic E-state index is 11.7. The number of carbonyl (C=O) groups is 3. The summed E-state index contributed by atoms with van der Waals surface area (Å²) in [6.45, 7) is 5.69. The smallest absolute Gasteiger partial charge is 0.332 e. The second kappa shape index (κ2) is 5.47. The number of carboxylic acid groups (broad SMARTS) is 1. The quantitative estimate of drug-likeness (QED) is 0.670. The van der Waals surface area contributed by atoms with Gasteiger partial charge in [0.05, 0.1) is 13.1 Å². The Morgan fingerprint density at radius 3 is 2.35 bits per heavy atom. The third-order valence-corrected chi connectivity index (χ3v) is 2.54. The first-order valence-electron chi connectivity index (χ1n) is 5.42. The normalized spacial score (nSPS) is 16.3. The molecule has 0 aliphatic carbocycles. The second-order valence-electron chi connectivity index (χ2n) is 3.97. The zero-order chi connectivity index (χ0) is 13.0. The number of nitrogens with zero attached hydrogens (tertiary/aromatic N) is 2. The summed E-state index contributed by atoms with van der Waals surface area (Å²) in [5.41, 5.74) is -0.0879. The molecule has 0 atom stereocenters. The summed E-state index contributed by atoms with van der Waals surface area (Å²) in [7, 11) is 0. The predicted octanol–water partition coefficient (Wildman–Crippen LogP) is -0.292. The SMILES string of the molecule is C=C(CN1CC(=O)N(CCC)CC1=O)C(=O)O. The van der Waals surface area contributed by atoms with Crippen LogP contribution in [0.1, 0.15) is 13.3 Å². The lowest BCUT2D eigenvalue weighted by molar-refractivity contribution is -0.150. The van der Waals surface area contributed by atoms with E-state index >= 15 is 0 Å². The summed E-state index contributed by atoms with van der Waals surface area (Å²) >= 11 is 0. The van der Waals surface area contributed by atoms with Gasteiger partial charge in [0.15, 0.2) is 0 Å². The molecule has 94 valence electrons. The van der Waals surface area contributed by atoms with Crippen LogP contribution in [0.15, 0.2) is 12.2 Å². The van der Waals surface area contributed by atoms with E-state index in [0.717, 1.165) is 6.42 Å². The van der Waals surface area contributed by atoms with E-state index in [-0.39, 0.29) is 37.0 Å². The Hall–Kier alpha value is -1.85. The molecule has 0 saturated carbocycles. The van der Waals surface area contributed by atoms with Crippen LogP contribution < -0.4 is 0 Å². The van der Waals surface area contributed by atoms with Crippen molar-refractivity contribution in [1.29, 1.82) is 0 Å². The molecule has 1 fully saturated rings. The molecule has 0 aromatic heterocycles. The summed E-state index contributed by atoms with van der Waals surface area (Å²) in [6.07, 6.45) is 0.793. The molecular weight excluding hydrogens is 224 g/mol. The van der Waals surface area contributed by atoms with Gasteiger partial charge in [0.25, 0.3) is 0 Å². The minimum atomic E-state index is -1.15. The van der Waals surface area contributed by atoms with E-state index in [2.05, 4.69) is 6.58 Å². The fourth-order valence-electron chi connectivity index (χ4n) is 1.62. The molecule has 0 bridgehead atoms. The van der Waals surface area contributed by atoms with Crippen molar-refractivity contribution in [2.24, 2.45) is 0 Å². The van der Waals surface area contributed by atoms with Gasteiger partial charge in [-0.3, -0.25) is 9.59 Å². The third-order valence-electron chi connectivity index (χ3n) is 2.54. The lowest BCUT2D eigenvalue weighted by atomic mass is 10.2. The number of amides is 2. The molecule has 0 spiro atoms. The lowest BCUT2D eigenvalue weighted by Gasteiger charge is -2.33. The van der Waals surface area contributed by atoms with Crippen molar-refractivity contribution in [1.82, 2.24) is 9.80 Å². The van der Waals surface area contributed by atoms with Crippen molar-refractivity contribution in [3.8, 4) is 0 Å². The summed E-state index contributed by atoms with van der Waals surface area (Å²) < 4.78 is 0. The molecule has 17 heavy (non-hydrogen) atoms. The minimum Gasteiger partial charge on any atom is -0.478 e. The van der Waals surface area contributed by atoms with Crippen molar-refractivity contribution < 1.29 is 19.5 Å². The number of carbonyl (C=O) groups excluding carboxylic acids is 2. The van der Waals surface area contributed by atoms with Crippen molar-refractivity contribution in [3.63, 3.8) is 0 Å². The Bertz CT molecular complexity index is 364. The standard InChI is InChI=1S/C11H16N2O4/c1-3-4-12-6-10(15)13(7-9(12)14)5-8(2)11(16)17/h2-7H2,1H3,(H,16,17). The molecule has 1 aliphatic rings. The van der Waals surface area contributed by atoms with E-state index in [1.165, 1.54) is 9.80 Å². The number of carboxylic acids is 1. The zero-order valence-electron chi connectivity index (χ0n) is 9.81. The van der Waals surface area contributed by atoms with Crippen LogP contribution in [0.5, 0.6) is 0 Å². The number of rotatable bonds is 5. The average Bonchev–Trinajstić information content (AvgIpc) is 2.25. The monoisotopic (exact) mass is 240 g/mol. The Balaban J connectivity index is 2.61. The average molecular weight is 240 g/mol. The Labute approximate surface area is 99.5 Å². The van der Waals surface area contributed by atoms with Crippen molar-refractivity contribution in [3.05, 3.63) is 12.2 Å². The van der Waals surface area contributed by atoms with Gasteiger partial charge in [0, 0.05) is 12.1 Å². The van der Waals surface area contributed by atoms with Crippen LogP contribution in [0.2, 0.25) is 0 Å². The molecule has 2 amide bonds. The van der Waals surface area contributed by atoms with Gasteiger partial charge in [-0.2, -0.15) is 0 Å². The summed E-state index contributed by atoms with van der Waals surface area (Å²) in [4.78, 5) is 36.6. The highest BCUT2D eigenvalue weighted by atomic mass is 16.4. The molecule has 0 aromatic rings. The first-order valence-corrected chi connectivity index (χ1v) is 5.42. The fraction of sp³-hybridized carbons (Fsp3) is 0.545. The number of hydrogen-bond acceptors (Lipinski definition) is 3. The largest absolute Gasteiger partial charge is 0.478 e. The fourth-order valence-corrected chi connectivity index (χ4v) is 1.62. The number of hydrogen-bond donors (Lipinski definition) is 1. The van der Waals surface area contributed by atoms with Crippen LogP contribution in [0.3, 0.4) is 0 Å². The van der Waals surface area contributed by atoms with Gasteiger partial charge in [-0.1, -0.05) is 13.5 Å². The molecule has 0 aromatic carbocycles. The zero-order valence-corrected chi connectivity index (χ0v) is 9.81. The third kappa shape index (κ3) is 3.30. The molecule has 0 unspecified atom stereocenters. The van der Waals surface area contributed by atoms with Gasteiger partial charge >= 0.3 is 5.97 Å². The Morgan fingerprint density at radius 1 is 1.29 bits per heavy atom. The van der Waals surface area contributed by atoms with Gasteiger partial charge in [-0.05, 0) is 6.42 Å². The van der Waals surface area contributed by atoms with Gasteiger partial charge < -0.3 is 14.9 Å². The maximum absolute atomic E-state index is 11.7. The lowest BCUT2D eigenvalue weighted by Crippen LogP contribution is -2.54. The van der Waals surface area contributed by atoms with Crippen LogP contribution in [0, 0.1) is 0 Å². The van der Waals surface area contributed by atoms with E-state index < -0.39 is 5.97 Å². The van der Waals surface area contributed by atoms with E-state index in [9.17, 15) is 14.4 Å². The summed E-state index contributed by atoms with van der Waals surface area (Å²) in [5, 5.41) is 8.67. The van der Waals surface area contributed by atoms with Crippen LogP contribution >= 0.6 is 0 Å². The van der Waals surface area contributed by atoms with Gasteiger partial charge in [0.1, 0.15) is 6.54 Å². The first-order chi connectivity index (χ1) is 7.95. The molecule has 1 rings (SSSR count). The Kier molecular flexibility index (Phi) is 4.25. The highest BCUT2D eigenvalue weighted by Crippen LogP contribution is 2.07. The van der Waals surface area contributed by atoms with Gasteiger partial charge in [-0.25, -0.2) is 4.79 Å². The summed E-state index contributed by atoms with van der Waals surface area (Å²) in [5.74, 6) is -1.54. The highest BCUT2D eigenvalue weighted by Gasteiger charge is 2.29. The summed E-state index contributed by atoms with van der Waals surface area (Å²) in [6, 6.07) is 0. The van der Waals surface area contributed by atoms with Crippen LogP contribution in [-0.4, -0.2) is 58.9 Å². The molecule has 6 nitrogen and oxygen atoms in total. The highest BCUT2D eigenvalue weighted by molar-refractivity contribution is 5.94. The number of piperazine rings is 1. The molecule has 1 aliphatic heterocycles. The van der Waals surface area contributed by atoms with Crippen LogP contribution in [-0.2, 0) is 14.4 Å². The van der Waals surface area contributed by atoms with E-state index in [0.29, 0.717) is 6.54 Å². The van der Waals surface area contributed by atoms with E-state index in [1.807, 2.05) is 6.92 Å². The first kappa shape index (κ1) is 13.2. The topological polar surface area (TPSA) is 77.9 Å². The second-order valence-corrected chi connectivity index (χ2v) is 3.97. The predicted molar refractivity (Wildman–Crippen MR) is 60.2 cm³/mol. The van der Waals surface area contributed by atoms with Crippen molar-refractivity contribution in [2.75, 3.05) is 26.2 Å². The Morgan fingerprint density at radius 2 is 1.82 bits per heavy atom. The van der Waals surface area contributed by atoms with E-state index in [4.69, 9.17) is 5.11 Å². The molecule has 1 saturated heterocycles. The van der Waals surface area contributed by atoms with Crippen LogP contribution in [0.25, 0.3) is 0 Å². The molecule has 1 heterocycles. The van der Waals surface area contributed by atoms with Gasteiger partial charge in [-0.15, -0.1) is 0 Å². The van der Waals surface area contributed by atoms with Crippen LogP contribution in [0.4, 0.5) is 0 Å². The number of aliphatic carboxylic acids is 1. The molecule has 1 N–H and O–H groups in total. The molecular formula is C11H16N2O4.